The van der Waals surface area contributed by atoms with Gasteiger partial charge in [0.1, 0.15) is 17.6 Å². The van der Waals surface area contributed by atoms with Crippen LogP contribution >= 0.6 is 0 Å². The van der Waals surface area contributed by atoms with E-state index in [0.717, 1.165) is 11.4 Å². The smallest absolute Gasteiger partial charge is 0.314 e. The SMILES string of the molecule is Cc1cc(NC(=O)N2Cc3c(-n4cc(C#N)cn4)cnn3CC2C)ccc1F. The molecule has 3 aromatic rings. The van der Waals surface area contributed by atoms with Crippen LogP contribution in [0.5, 0.6) is 0 Å². The van der Waals surface area contributed by atoms with E-state index in [2.05, 4.69) is 15.5 Å². The van der Waals surface area contributed by atoms with Gasteiger partial charge in [0.2, 0.25) is 0 Å². The molecule has 0 aliphatic carbocycles. The predicted molar refractivity (Wildman–Crippen MR) is 99.2 cm³/mol. The fourth-order valence-electron chi connectivity index (χ4n) is 3.28. The van der Waals surface area contributed by atoms with Gasteiger partial charge in [-0.15, -0.1) is 0 Å². The highest BCUT2D eigenvalue weighted by atomic mass is 19.1. The fraction of sp³-hybridized carbons (Fsp3) is 0.263. The number of carbonyl (C=O) groups excluding carboxylic acids is 1. The second-order valence-corrected chi connectivity index (χ2v) is 6.82. The molecule has 0 radical (unpaired) electrons. The molecule has 1 unspecified atom stereocenters. The van der Waals surface area contributed by atoms with E-state index in [-0.39, 0.29) is 17.9 Å². The van der Waals surface area contributed by atoms with Gasteiger partial charge in [0, 0.05) is 11.9 Å². The van der Waals surface area contributed by atoms with Gasteiger partial charge < -0.3 is 10.2 Å². The van der Waals surface area contributed by atoms with E-state index in [1.165, 1.54) is 18.3 Å². The van der Waals surface area contributed by atoms with Crippen molar-refractivity contribution in [2.75, 3.05) is 5.32 Å². The molecule has 0 saturated heterocycles. The molecule has 4 rings (SSSR count). The molecule has 1 aliphatic rings. The van der Waals surface area contributed by atoms with Gasteiger partial charge >= 0.3 is 6.03 Å². The third kappa shape index (κ3) is 3.09. The van der Waals surface area contributed by atoms with Crippen LogP contribution in [-0.2, 0) is 13.1 Å². The molecule has 1 aromatic carbocycles. The molecular weight excluding hydrogens is 361 g/mol. The Bertz CT molecular complexity index is 1090. The first kappa shape index (κ1) is 17.7. The van der Waals surface area contributed by atoms with Crippen molar-refractivity contribution in [1.29, 1.82) is 5.26 Å². The third-order valence-corrected chi connectivity index (χ3v) is 4.84. The number of aromatic nitrogens is 4. The molecule has 0 fully saturated rings. The molecule has 3 heterocycles. The van der Waals surface area contributed by atoms with E-state index in [1.54, 1.807) is 35.0 Å². The van der Waals surface area contributed by atoms with Crippen LogP contribution in [0.3, 0.4) is 0 Å². The average molecular weight is 379 g/mol. The molecule has 1 N–H and O–H groups in total. The number of urea groups is 1. The maximum absolute atomic E-state index is 13.5. The highest BCUT2D eigenvalue weighted by molar-refractivity contribution is 5.89. The average Bonchev–Trinajstić information content (AvgIpc) is 3.30. The highest BCUT2D eigenvalue weighted by Gasteiger charge is 2.30. The Morgan fingerprint density at radius 1 is 1.36 bits per heavy atom. The number of fused-ring (bicyclic) bond motifs is 1. The normalized spacial score (nSPS) is 15.8. The summed E-state index contributed by atoms with van der Waals surface area (Å²) in [6.07, 6.45) is 4.79. The lowest BCUT2D eigenvalue weighted by molar-refractivity contribution is 0.161. The molecule has 0 bridgehead atoms. The summed E-state index contributed by atoms with van der Waals surface area (Å²) in [5, 5.41) is 20.4. The van der Waals surface area contributed by atoms with E-state index >= 15 is 0 Å². The number of benzene rings is 1. The summed E-state index contributed by atoms with van der Waals surface area (Å²) in [6.45, 7) is 4.47. The molecule has 1 atom stereocenters. The molecular formula is C19H18FN7O. The summed E-state index contributed by atoms with van der Waals surface area (Å²) in [5.41, 5.74) is 3.02. The summed E-state index contributed by atoms with van der Waals surface area (Å²) in [6, 6.07) is 6.18. The molecule has 8 nitrogen and oxygen atoms in total. The van der Waals surface area contributed by atoms with Crippen molar-refractivity contribution in [2.24, 2.45) is 0 Å². The quantitative estimate of drug-likeness (QED) is 0.741. The number of nitrogens with one attached hydrogen (secondary N) is 1. The Hall–Kier alpha value is -3.67. The van der Waals surface area contributed by atoms with Gasteiger partial charge in [-0.1, -0.05) is 0 Å². The maximum Gasteiger partial charge on any atom is 0.322 e. The lowest BCUT2D eigenvalue weighted by Gasteiger charge is -2.34. The van der Waals surface area contributed by atoms with Crippen LogP contribution in [0, 0.1) is 24.1 Å². The first-order chi connectivity index (χ1) is 13.5. The minimum Gasteiger partial charge on any atom is -0.314 e. The van der Waals surface area contributed by atoms with Crippen molar-refractivity contribution in [1.82, 2.24) is 24.5 Å². The summed E-state index contributed by atoms with van der Waals surface area (Å²) in [5.74, 6) is -0.311. The number of hydrogen-bond donors (Lipinski definition) is 1. The first-order valence-electron chi connectivity index (χ1n) is 8.80. The van der Waals surface area contributed by atoms with Crippen LogP contribution in [-0.4, -0.2) is 36.5 Å². The number of hydrogen-bond acceptors (Lipinski definition) is 4. The minimum absolute atomic E-state index is 0.0749. The van der Waals surface area contributed by atoms with Crippen molar-refractivity contribution < 1.29 is 9.18 Å². The van der Waals surface area contributed by atoms with Crippen LogP contribution in [0.1, 0.15) is 23.7 Å². The van der Waals surface area contributed by atoms with Gasteiger partial charge in [-0.05, 0) is 37.6 Å². The zero-order chi connectivity index (χ0) is 19.8. The van der Waals surface area contributed by atoms with Gasteiger partial charge in [-0.2, -0.15) is 15.5 Å². The molecule has 2 aromatic heterocycles. The van der Waals surface area contributed by atoms with Crippen LogP contribution in [0.2, 0.25) is 0 Å². The maximum atomic E-state index is 13.5. The van der Waals surface area contributed by atoms with Crippen molar-refractivity contribution >= 4 is 11.7 Å². The van der Waals surface area contributed by atoms with Gasteiger partial charge in [-0.25, -0.2) is 13.9 Å². The second kappa shape index (κ2) is 6.81. The van der Waals surface area contributed by atoms with E-state index < -0.39 is 0 Å². The second-order valence-electron chi connectivity index (χ2n) is 6.82. The van der Waals surface area contributed by atoms with Crippen molar-refractivity contribution in [3.8, 4) is 11.8 Å². The zero-order valence-corrected chi connectivity index (χ0v) is 15.4. The number of nitrogens with zero attached hydrogens (tertiary/aromatic N) is 6. The zero-order valence-electron chi connectivity index (χ0n) is 15.4. The van der Waals surface area contributed by atoms with Crippen LogP contribution in [0.25, 0.3) is 5.69 Å². The molecule has 0 spiro atoms. The lowest BCUT2D eigenvalue weighted by atomic mass is 10.2. The number of anilines is 1. The van der Waals surface area contributed by atoms with Gasteiger partial charge in [0.25, 0.3) is 0 Å². The summed E-state index contributed by atoms with van der Waals surface area (Å²) in [4.78, 5) is 14.5. The molecule has 9 heteroatoms. The molecule has 0 saturated carbocycles. The Morgan fingerprint density at radius 2 is 2.18 bits per heavy atom. The Morgan fingerprint density at radius 3 is 2.89 bits per heavy atom. The van der Waals surface area contributed by atoms with Crippen LogP contribution in [0.4, 0.5) is 14.9 Å². The van der Waals surface area contributed by atoms with E-state index in [9.17, 15) is 9.18 Å². The summed E-state index contributed by atoms with van der Waals surface area (Å²) in [7, 11) is 0. The Balaban J connectivity index is 1.58. The highest BCUT2D eigenvalue weighted by Crippen LogP contribution is 2.24. The summed E-state index contributed by atoms with van der Waals surface area (Å²) < 4.78 is 16.9. The number of nitriles is 1. The number of amides is 2. The van der Waals surface area contributed by atoms with Crippen molar-refractivity contribution in [3.05, 3.63) is 59.4 Å². The van der Waals surface area contributed by atoms with Crippen LogP contribution in [0.15, 0.2) is 36.8 Å². The predicted octanol–water partition coefficient (Wildman–Crippen LogP) is 2.82. The first-order valence-corrected chi connectivity index (χ1v) is 8.80. The molecule has 142 valence electrons. The Kier molecular flexibility index (Phi) is 4.31. The van der Waals surface area contributed by atoms with Gasteiger partial charge in [0.15, 0.2) is 0 Å². The number of carbonyl (C=O) groups is 1. The lowest BCUT2D eigenvalue weighted by Crippen LogP contribution is -2.47. The molecule has 2 amide bonds. The third-order valence-electron chi connectivity index (χ3n) is 4.84. The number of halogens is 1. The van der Waals surface area contributed by atoms with Crippen molar-refractivity contribution in [2.45, 2.75) is 33.0 Å². The van der Waals surface area contributed by atoms with E-state index in [0.29, 0.717) is 29.9 Å². The minimum atomic E-state index is -0.311. The molecule has 28 heavy (non-hydrogen) atoms. The standard InChI is InChI=1S/C19H18FN7O/c1-12-5-15(3-4-16(12)20)24-19(28)25-11-18-17(8-23-26(18)9-13(25)2)27-10-14(6-21)7-22-27/h3-5,7-8,10,13H,9,11H2,1-2H3,(H,24,28). The number of rotatable bonds is 2. The summed E-state index contributed by atoms with van der Waals surface area (Å²) >= 11 is 0. The topological polar surface area (TPSA) is 91.8 Å². The van der Waals surface area contributed by atoms with E-state index in [1.807, 2.05) is 17.7 Å². The Labute approximate surface area is 160 Å². The van der Waals surface area contributed by atoms with Gasteiger partial charge in [0.05, 0.1) is 42.8 Å². The van der Waals surface area contributed by atoms with Crippen molar-refractivity contribution in [3.63, 3.8) is 0 Å². The fourth-order valence-corrected chi connectivity index (χ4v) is 3.28. The van der Waals surface area contributed by atoms with E-state index in [4.69, 9.17) is 5.26 Å². The monoisotopic (exact) mass is 379 g/mol. The van der Waals surface area contributed by atoms with Crippen LogP contribution < -0.4 is 5.32 Å². The van der Waals surface area contributed by atoms with Gasteiger partial charge in [-0.3, -0.25) is 4.68 Å². The largest absolute Gasteiger partial charge is 0.322 e. The molecule has 1 aliphatic heterocycles. The number of aryl methyl sites for hydroxylation is 1.